The van der Waals surface area contributed by atoms with E-state index >= 15 is 0 Å². The lowest BCUT2D eigenvalue weighted by Gasteiger charge is -2.25. The van der Waals surface area contributed by atoms with Gasteiger partial charge in [-0.15, -0.1) is 0 Å². The van der Waals surface area contributed by atoms with Gasteiger partial charge in [0.25, 0.3) is 0 Å². The van der Waals surface area contributed by atoms with E-state index in [0.717, 1.165) is 22.5 Å². The van der Waals surface area contributed by atoms with Crippen molar-refractivity contribution in [2.24, 2.45) is 0 Å². The van der Waals surface area contributed by atoms with Crippen molar-refractivity contribution in [3.05, 3.63) is 34.1 Å². The first-order valence-corrected chi connectivity index (χ1v) is 9.05. The highest BCUT2D eigenvalue weighted by Crippen LogP contribution is 2.29. The van der Waals surface area contributed by atoms with Crippen LogP contribution < -0.4 is 0 Å². The van der Waals surface area contributed by atoms with Gasteiger partial charge in [0, 0.05) is 13.1 Å². The van der Waals surface area contributed by atoms with Crippen molar-refractivity contribution < 1.29 is 26.1 Å². The van der Waals surface area contributed by atoms with Crippen LogP contribution in [0.1, 0.15) is 0 Å². The monoisotopic (exact) mass is 338 g/mol. The minimum absolute atomic E-state index is 0.307. The summed E-state index contributed by atoms with van der Waals surface area (Å²) < 4.78 is 61.6. The van der Waals surface area contributed by atoms with E-state index in [2.05, 4.69) is 0 Å². The Kier molecular flexibility index (Phi) is 4.00. The molecule has 1 heterocycles. The maximum absolute atomic E-state index is 13.5. The van der Waals surface area contributed by atoms with Crippen LogP contribution in [0, 0.1) is 15.9 Å². The molecular formula is C10H11FN2O6S2. The number of sulfone groups is 1. The Balaban J connectivity index is 2.46. The van der Waals surface area contributed by atoms with Gasteiger partial charge in [-0.2, -0.15) is 8.70 Å². The van der Waals surface area contributed by atoms with E-state index in [1.54, 1.807) is 0 Å². The predicted molar refractivity (Wildman–Crippen MR) is 70.5 cm³/mol. The molecule has 1 fully saturated rings. The van der Waals surface area contributed by atoms with Crippen molar-refractivity contribution in [1.82, 2.24) is 4.31 Å². The van der Waals surface area contributed by atoms with Crippen molar-refractivity contribution in [3.8, 4) is 0 Å². The molecule has 0 aromatic heterocycles. The number of nitro benzene ring substituents is 1. The molecule has 0 amide bonds. The first-order valence-electron chi connectivity index (χ1n) is 5.78. The zero-order valence-electron chi connectivity index (χ0n) is 10.6. The topological polar surface area (TPSA) is 115 Å². The Labute approximate surface area is 120 Å². The summed E-state index contributed by atoms with van der Waals surface area (Å²) in [6.45, 7) is -0.614. The summed E-state index contributed by atoms with van der Waals surface area (Å²) in [6.07, 6.45) is 0. The number of para-hydroxylation sites is 1. The van der Waals surface area contributed by atoms with E-state index in [9.17, 15) is 31.3 Å². The Morgan fingerprint density at radius 2 is 1.81 bits per heavy atom. The molecule has 8 nitrogen and oxygen atoms in total. The minimum atomic E-state index is -4.32. The van der Waals surface area contributed by atoms with Gasteiger partial charge < -0.3 is 0 Å². The van der Waals surface area contributed by atoms with Crippen LogP contribution in [0.5, 0.6) is 0 Å². The first kappa shape index (κ1) is 15.8. The molecule has 1 saturated heterocycles. The minimum Gasteiger partial charge on any atom is -0.258 e. The fourth-order valence-corrected chi connectivity index (χ4v) is 5.00. The zero-order valence-corrected chi connectivity index (χ0v) is 12.2. The molecule has 2 rings (SSSR count). The lowest BCUT2D eigenvalue weighted by atomic mass is 10.3. The lowest BCUT2D eigenvalue weighted by molar-refractivity contribution is -0.390. The number of rotatable bonds is 3. The van der Waals surface area contributed by atoms with Gasteiger partial charge in [-0.3, -0.25) is 10.1 Å². The molecule has 0 aliphatic carbocycles. The van der Waals surface area contributed by atoms with E-state index < -0.39 is 41.2 Å². The molecule has 1 aliphatic heterocycles. The number of nitro groups is 1. The summed E-state index contributed by atoms with van der Waals surface area (Å²) in [5, 5.41) is 10.9. The quantitative estimate of drug-likeness (QED) is 0.572. The van der Waals surface area contributed by atoms with Crippen LogP contribution in [0.3, 0.4) is 0 Å². The van der Waals surface area contributed by atoms with Gasteiger partial charge in [0.1, 0.15) is 0 Å². The van der Waals surface area contributed by atoms with Crippen molar-refractivity contribution in [1.29, 1.82) is 0 Å². The molecule has 0 radical (unpaired) electrons. The molecule has 1 aromatic rings. The second-order valence-electron chi connectivity index (χ2n) is 4.40. The second-order valence-corrected chi connectivity index (χ2v) is 8.61. The number of hydrogen-bond donors (Lipinski definition) is 0. The summed E-state index contributed by atoms with van der Waals surface area (Å²) in [5.74, 6) is -1.99. The number of hydrogen-bond acceptors (Lipinski definition) is 6. The molecular weight excluding hydrogens is 327 g/mol. The molecule has 116 valence electrons. The van der Waals surface area contributed by atoms with Gasteiger partial charge in [-0.05, 0) is 12.1 Å². The molecule has 0 spiro atoms. The Hall–Kier alpha value is -1.59. The van der Waals surface area contributed by atoms with Crippen molar-refractivity contribution >= 4 is 25.5 Å². The molecule has 11 heteroatoms. The number of sulfonamides is 1. The normalized spacial score (nSPS) is 19.3. The van der Waals surface area contributed by atoms with Crippen molar-refractivity contribution in [2.75, 3.05) is 24.6 Å². The van der Waals surface area contributed by atoms with Crippen molar-refractivity contribution in [2.45, 2.75) is 4.90 Å². The van der Waals surface area contributed by atoms with E-state index in [4.69, 9.17) is 0 Å². The molecule has 1 aromatic carbocycles. The van der Waals surface area contributed by atoms with Gasteiger partial charge in [-0.25, -0.2) is 16.8 Å². The maximum Gasteiger partial charge on any atom is 0.324 e. The molecule has 21 heavy (non-hydrogen) atoms. The fourth-order valence-electron chi connectivity index (χ4n) is 1.96. The van der Waals surface area contributed by atoms with Crippen LogP contribution in [0.25, 0.3) is 0 Å². The number of nitrogens with zero attached hydrogens (tertiary/aromatic N) is 2. The Bertz CT molecular complexity index is 776. The molecule has 1 aliphatic rings. The van der Waals surface area contributed by atoms with Crippen LogP contribution in [0.4, 0.5) is 10.1 Å². The van der Waals surface area contributed by atoms with Crippen LogP contribution in [-0.2, 0) is 19.9 Å². The highest BCUT2D eigenvalue weighted by molar-refractivity contribution is 7.92. The Morgan fingerprint density at radius 1 is 1.24 bits per heavy atom. The summed E-state index contributed by atoms with van der Waals surface area (Å²) in [6, 6.07) is 2.77. The van der Waals surface area contributed by atoms with Gasteiger partial charge in [0.2, 0.25) is 15.8 Å². The smallest absolute Gasteiger partial charge is 0.258 e. The largest absolute Gasteiger partial charge is 0.324 e. The third-order valence-electron chi connectivity index (χ3n) is 3.05. The van der Waals surface area contributed by atoms with Gasteiger partial charge in [-0.1, -0.05) is 6.07 Å². The molecule has 0 N–H and O–H groups in total. The van der Waals surface area contributed by atoms with Crippen molar-refractivity contribution in [3.63, 3.8) is 0 Å². The van der Waals surface area contributed by atoms with Gasteiger partial charge in [0.15, 0.2) is 14.7 Å². The van der Waals surface area contributed by atoms with Gasteiger partial charge in [0.05, 0.1) is 16.4 Å². The molecule has 0 atom stereocenters. The van der Waals surface area contributed by atoms with Crippen LogP contribution >= 0.6 is 0 Å². The third-order valence-corrected chi connectivity index (χ3v) is 6.59. The summed E-state index contributed by atoms with van der Waals surface area (Å²) in [4.78, 5) is 8.98. The number of halogens is 1. The molecule has 0 bridgehead atoms. The van der Waals surface area contributed by atoms with Gasteiger partial charge >= 0.3 is 5.69 Å². The zero-order chi connectivity index (χ0) is 15.8. The summed E-state index contributed by atoms with van der Waals surface area (Å²) in [7, 11) is -7.63. The second kappa shape index (κ2) is 5.31. The van der Waals surface area contributed by atoms with E-state index in [-0.39, 0.29) is 24.6 Å². The highest BCUT2D eigenvalue weighted by atomic mass is 32.2. The third kappa shape index (κ3) is 3.04. The molecule has 0 unspecified atom stereocenters. The average molecular weight is 338 g/mol. The van der Waals surface area contributed by atoms with Crippen LogP contribution in [0.2, 0.25) is 0 Å². The average Bonchev–Trinajstić information content (AvgIpc) is 2.37. The Morgan fingerprint density at radius 3 is 2.33 bits per heavy atom. The summed E-state index contributed by atoms with van der Waals surface area (Å²) >= 11 is 0. The van der Waals surface area contributed by atoms with Crippen LogP contribution in [0.15, 0.2) is 23.1 Å². The van der Waals surface area contributed by atoms with E-state index in [1.165, 1.54) is 0 Å². The molecule has 0 saturated carbocycles. The SMILES string of the molecule is O=[N+]([O-])c1c(F)cccc1S(=O)(=O)N1CCS(=O)(=O)CC1. The highest BCUT2D eigenvalue weighted by Gasteiger charge is 2.36. The van der Waals surface area contributed by atoms with E-state index in [0.29, 0.717) is 0 Å². The lowest BCUT2D eigenvalue weighted by Crippen LogP contribution is -2.43. The predicted octanol–water partition coefficient (Wildman–Crippen LogP) is 0.153. The number of benzene rings is 1. The van der Waals surface area contributed by atoms with Crippen LogP contribution in [-0.4, -0.2) is 50.7 Å². The first-order chi connectivity index (χ1) is 9.65. The standard InChI is InChI=1S/C10H11FN2O6S2/c11-8-2-1-3-9(10(8)13(14)15)21(18,19)12-4-6-20(16,17)7-5-12/h1-3H,4-7H2. The van der Waals surface area contributed by atoms with E-state index in [1.807, 2.05) is 0 Å². The summed E-state index contributed by atoms with van der Waals surface area (Å²) in [5.41, 5.74) is -1.13. The maximum atomic E-state index is 13.5. The fraction of sp³-hybridized carbons (Fsp3) is 0.400.